The van der Waals surface area contributed by atoms with E-state index in [1.54, 1.807) is 13.0 Å². The lowest BCUT2D eigenvalue weighted by Crippen LogP contribution is -2.26. The zero-order valence-corrected chi connectivity index (χ0v) is 17.4. The van der Waals surface area contributed by atoms with Crippen LogP contribution < -0.4 is 5.32 Å². The summed E-state index contributed by atoms with van der Waals surface area (Å²) in [5.41, 5.74) is 2.15. The van der Waals surface area contributed by atoms with Gasteiger partial charge in [0.25, 0.3) is 0 Å². The predicted octanol–water partition coefficient (Wildman–Crippen LogP) is 4.47. The Hall–Kier alpha value is -2.61. The Bertz CT molecular complexity index is 950. The molecule has 28 heavy (non-hydrogen) atoms. The number of nitrogens with zero attached hydrogens (tertiary/aromatic N) is 4. The number of anilines is 1. The van der Waals surface area contributed by atoms with E-state index in [0.717, 1.165) is 36.3 Å². The number of carbonyl (C=O) groups excluding carboxylic acids is 1. The molecule has 1 aromatic carbocycles. The topological polar surface area (TPSA) is 85.8 Å². The van der Waals surface area contributed by atoms with Crippen LogP contribution in [0, 0.1) is 20.8 Å². The van der Waals surface area contributed by atoms with Crippen molar-refractivity contribution in [2.75, 3.05) is 5.32 Å². The summed E-state index contributed by atoms with van der Waals surface area (Å²) in [6, 6.07) is 9.87. The standard InChI is InChI=1S/C20H25N5O2S/c1-5-6-10-17(19(26)21-18-12-14(3)27-24-18)28-20-23-22-15(4)25(20)16-9-7-8-13(2)11-16/h7-9,11-12,17H,5-6,10H2,1-4H3,(H,21,24,26)/t17-/m0/s1. The van der Waals surface area contributed by atoms with Crippen LogP contribution in [0.25, 0.3) is 5.69 Å². The van der Waals surface area contributed by atoms with Gasteiger partial charge in [-0.1, -0.05) is 48.8 Å². The highest BCUT2D eigenvalue weighted by atomic mass is 32.2. The van der Waals surface area contributed by atoms with Gasteiger partial charge in [0.05, 0.1) is 5.25 Å². The van der Waals surface area contributed by atoms with Crippen molar-refractivity contribution in [3.05, 3.63) is 47.5 Å². The fourth-order valence-corrected chi connectivity index (χ4v) is 4.01. The van der Waals surface area contributed by atoms with Crippen LogP contribution >= 0.6 is 11.8 Å². The molecule has 3 aromatic rings. The lowest BCUT2D eigenvalue weighted by atomic mass is 10.2. The summed E-state index contributed by atoms with van der Waals surface area (Å²) in [5.74, 6) is 1.77. The number of rotatable bonds is 8. The van der Waals surface area contributed by atoms with Crippen molar-refractivity contribution in [1.29, 1.82) is 0 Å². The lowest BCUT2D eigenvalue weighted by Gasteiger charge is -2.16. The third-order valence-electron chi connectivity index (χ3n) is 4.29. The number of amides is 1. The van der Waals surface area contributed by atoms with Crippen molar-refractivity contribution in [2.45, 2.75) is 57.4 Å². The van der Waals surface area contributed by atoms with Gasteiger partial charge in [0.2, 0.25) is 5.91 Å². The Kier molecular flexibility index (Phi) is 6.51. The summed E-state index contributed by atoms with van der Waals surface area (Å²) in [5, 5.41) is 15.7. The first-order valence-corrected chi connectivity index (χ1v) is 10.3. The smallest absolute Gasteiger partial charge is 0.239 e. The molecule has 0 unspecified atom stereocenters. The normalized spacial score (nSPS) is 12.1. The first-order chi connectivity index (χ1) is 13.5. The van der Waals surface area contributed by atoms with Crippen LogP contribution in [0.15, 0.2) is 40.0 Å². The van der Waals surface area contributed by atoms with E-state index in [0.29, 0.717) is 16.7 Å². The minimum absolute atomic E-state index is 0.108. The second-order valence-electron chi connectivity index (χ2n) is 6.76. The second-order valence-corrected chi connectivity index (χ2v) is 7.93. The fourth-order valence-electron chi connectivity index (χ4n) is 2.88. The minimum Gasteiger partial charge on any atom is -0.360 e. The molecule has 148 valence electrons. The molecule has 0 bridgehead atoms. The Morgan fingerprint density at radius 2 is 2.07 bits per heavy atom. The van der Waals surface area contributed by atoms with Crippen LogP contribution in [0.1, 0.15) is 43.3 Å². The molecule has 0 saturated heterocycles. The highest BCUT2D eigenvalue weighted by Gasteiger charge is 2.24. The van der Waals surface area contributed by atoms with Crippen LogP contribution in [0.5, 0.6) is 0 Å². The zero-order valence-electron chi connectivity index (χ0n) is 16.6. The number of unbranched alkanes of at least 4 members (excludes halogenated alkanes) is 1. The van der Waals surface area contributed by atoms with Gasteiger partial charge in [-0.3, -0.25) is 9.36 Å². The number of aromatic nitrogens is 4. The molecule has 0 fully saturated rings. The highest BCUT2D eigenvalue weighted by molar-refractivity contribution is 8.00. The third-order valence-corrected chi connectivity index (χ3v) is 5.50. The average Bonchev–Trinajstić information content (AvgIpc) is 3.23. The molecule has 1 amide bonds. The van der Waals surface area contributed by atoms with Crippen LogP contribution in [0.3, 0.4) is 0 Å². The molecule has 1 atom stereocenters. The van der Waals surface area contributed by atoms with E-state index < -0.39 is 0 Å². The van der Waals surface area contributed by atoms with E-state index in [1.807, 2.05) is 36.6 Å². The third kappa shape index (κ3) is 4.81. The van der Waals surface area contributed by atoms with Crippen molar-refractivity contribution >= 4 is 23.5 Å². The maximum absolute atomic E-state index is 12.9. The lowest BCUT2D eigenvalue weighted by molar-refractivity contribution is -0.115. The summed E-state index contributed by atoms with van der Waals surface area (Å²) in [6.07, 6.45) is 2.70. The van der Waals surface area contributed by atoms with E-state index in [1.165, 1.54) is 11.8 Å². The number of aryl methyl sites for hydroxylation is 3. The zero-order chi connectivity index (χ0) is 20.1. The Morgan fingerprint density at radius 1 is 1.25 bits per heavy atom. The summed E-state index contributed by atoms with van der Waals surface area (Å²) < 4.78 is 7.03. The molecule has 7 nitrogen and oxygen atoms in total. The van der Waals surface area contributed by atoms with E-state index in [4.69, 9.17) is 4.52 Å². The molecule has 2 aromatic heterocycles. The molecule has 8 heteroatoms. The van der Waals surface area contributed by atoms with Gasteiger partial charge in [0, 0.05) is 11.8 Å². The van der Waals surface area contributed by atoms with Crippen LogP contribution in [-0.4, -0.2) is 31.1 Å². The van der Waals surface area contributed by atoms with Gasteiger partial charge in [0.15, 0.2) is 11.0 Å². The molecule has 0 aliphatic heterocycles. The summed E-state index contributed by atoms with van der Waals surface area (Å²) in [4.78, 5) is 12.9. The van der Waals surface area contributed by atoms with Gasteiger partial charge in [-0.2, -0.15) is 0 Å². The first kappa shape index (κ1) is 20.1. The Labute approximate surface area is 168 Å². The van der Waals surface area contributed by atoms with Crippen molar-refractivity contribution in [1.82, 2.24) is 19.9 Å². The highest BCUT2D eigenvalue weighted by Crippen LogP contribution is 2.29. The number of carbonyl (C=O) groups is 1. The monoisotopic (exact) mass is 399 g/mol. The molecule has 2 heterocycles. The van der Waals surface area contributed by atoms with Crippen LogP contribution in [-0.2, 0) is 4.79 Å². The number of nitrogens with one attached hydrogen (secondary N) is 1. The molecular formula is C20H25N5O2S. The maximum Gasteiger partial charge on any atom is 0.239 e. The van der Waals surface area contributed by atoms with Crippen LogP contribution in [0.2, 0.25) is 0 Å². The van der Waals surface area contributed by atoms with Crippen molar-refractivity contribution < 1.29 is 9.32 Å². The van der Waals surface area contributed by atoms with Gasteiger partial charge < -0.3 is 9.84 Å². The summed E-state index contributed by atoms with van der Waals surface area (Å²) in [7, 11) is 0. The fraction of sp³-hybridized carbons (Fsp3) is 0.400. The summed E-state index contributed by atoms with van der Waals surface area (Å²) >= 11 is 1.43. The molecule has 0 saturated carbocycles. The predicted molar refractivity (Wildman–Crippen MR) is 110 cm³/mol. The molecule has 0 aliphatic rings. The van der Waals surface area contributed by atoms with Gasteiger partial charge in [0.1, 0.15) is 11.6 Å². The largest absolute Gasteiger partial charge is 0.360 e. The van der Waals surface area contributed by atoms with E-state index in [2.05, 4.69) is 33.7 Å². The second kappa shape index (κ2) is 9.05. The maximum atomic E-state index is 12.9. The summed E-state index contributed by atoms with van der Waals surface area (Å²) in [6.45, 7) is 7.87. The first-order valence-electron chi connectivity index (χ1n) is 9.38. The quantitative estimate of drug-likeness (QED) is 0.563. The number of hydrogen-bond donors (Lipinski definition) is 1. The molecule has 0 spiro atoms. The van der Waals surface area contributed by atoms with Crippen molar-refractivity contribution in [3.63, 3.8) is 0 Å². The SMILES string of the molecule is CCCC[C@H](Sc1nnc(C)n1-c1cccc(C)c1)C(=O)Nc1cc(C)on1. The average molecular weight is 400 g/mol. The Morgan fingerprint density at radius 3 is 2.75 bits per heavy atom. The van der Waals surface area contributed by atoms with Gasteiger partial charge in [-0.15, -0.1) is 10.2 Å². The number of hydrogen-bond acceptors (Lipinski definition) is 6. The van der Waals surface area contributed by atoms with Crippen molar-refractivity contribution in [3.8, 4) is 5.69 Å². The van der Waals surface area contributed by atoms with Gasteiger partial charge >= 0.3 is 0 Å². The van der Waals surface area contributed by atoms with E-state index in [9.17, 15) is 4.79 Å². The van der Waals surface area contributed by atoms with Crippen molar-refractivity contribution in [2.24, 2.45) is 0 Å². The molecule has 0 aliphatic carbocycles. The van der Waals surface area contributed by atoms with E-state index >= 15 is 0 Å². The number of benzene rings is 1. The molecule has 0 radical (unpaired) electrons. The molecule has 1 N–H and O–H groups in total. The number of thioether (sulfide) groups is 1. The Balaban J connectivity index is 1.84. The minimum atomic E-state index is -0.302. The van der Waals surface area contributed by atoms with Crippen LogP contribution in [0.4, 0.5) is 5.82 Å². The molecular weight excluding hydrogens is 374 g/mol. The van der Waals surface area contributed by atoms with E-state index in [-0.39, 0.29) is 11.2 Å². The van der Waals surface area contributed by atoms with Gasteiger partial charge in [-0.05, 0) is 44.9 Å². The van der Waals surface area contributed by atoms with Gasteiger partial charge in [-0.25, -0.2) is 0 Å². The molecule has 3 rings (SSSR count).